The second-order valence-corrected chi connectivity index (χ2v) is 6.70. The van der Waals surface area contributed by atoms with Crippen molar-refractivity contribution in [1.29, 1.82) is 0 Å². The maximum atomic E-state index is 11.7. The zero-order valence-corrected chi connectivity index (χ0v) is 14.9. The quantitative estimate of drug-likeness (QED) is 0.766. The fraction of sp³-hybridized carbons (Fsp3) is 0.389. The molecule has 0 saturated carbocycles. The van der Waals surface area contributed by atoms with E-state index >= 15 is 0 Å². The van der Waals surface area contributed by atoms with Gasteiger partial charge in [-0.3, -0.25) is 14.5 Å². The summed E-state index contributed by atoms with van der Waals surface area (Å²) in [5.74, 6) is 1.03. The number of amides is 1. The Balaban J connectivity index is 1.88. The first-order chi connectivity index (χ1) is 12.5. The number of hydrogen-bond donors (Lipinski definition) is 1. The molecule has 0 spiro atoms. The summed E-state index contributed by atoms with van der Waals surface area (Å²) in [5, 5.41) is 5.44. The van der Waals surface area contributed by atoms with E-state index in [1.54, 1.807) is 17.1 Å². The summed E-state index contributed by atoms with van der Waals surface area (Å²) in [7, 11) is 1.88. The number of carbonyl (C=O) groups excluding carboxylic acids is 1. The molecule has 1 aliphatic heterocycles. The standard InChI is InChI=1S/C18H21N7O/c1-11-14-17(24(2)23-11)21-16(12-5-7-20-8-6-12)22-18(14)25-9-3-4-13(10-25)15(19)26/h5-8,13H,3-4,9-10H2,1-2H3,(H2,19,26)/t13-/m1/s1. The number of rotatable bonds is 3. The molecular formula is C18H21N7O. The predicted octanol–water partition coefficient (Wildman–Crippen LogP) is 1.44. The van der Waals surface area contributed by atoms with Crippen LogP contribution >= 0.6 is 0 Å². The fourth-order valence-corrected chi connectivity index (χ4v) is 3.58. The maximum absolute atomic E-state index is 11.7. The summed E-state index contributed by atoms with van der Waals surface area (Å²) in [6.45, 7) is 3.36. The molecule has 1 amide bonds. The summed E-state index contributed by atoms with van der Waals surface area (Å²) < 4.78 is 1.77. The van der Waals surface area contributed by atoms with E-state index in [1.165, 1.54) is 0 Å². The van der Waals surface area contributed by atoms with Crippen LogP contribution in [0.4, 0.5) is 5.82 Å². The molecule has 1 fully saturated rings. The maximum Gasteiger partial charge on any atom is 0.222 e. The van der Waals surface area contributed by atoms with E-state index in [-0.39, 0.29) is 11.8 Å². The van der Waals surface area contributed by atoms with Crippen molar-refractivity contribution < 1.29 is 4.79 Å². The Bertz CT molecular complexity index is 967. The minimum atomic E-state index is -0.253. The van der Waals surface area contributed by atoms with Gasteiger partial charge in [-0.15, -0.1) is 0 Å². The molecule has 0 radical (unpaired) electrons. The molecule has 8 nitrogen and oxygen atoms in total. The van der Waals surface area contributed by atoms with Crippen LogP contribution in [0.2, 0.25) is 0 Å². The van der Waals surface area contributed by atoms with E-state index in [1.807, 2.05) is 26.1 Å². The second-order valence-electron chi connectivity index (χ2n) is 6.70. The van der Waals surface area contributed by atoms with Gasteiger partial charge >= 0.3 is 0 Å². The first-order valence-corrected chi connectivity index (χ1v) is 8.70. The molecule has 1 aliphatic rings. The number of aryl methyl sites for hydroxylation is 2. The molecule has 0 unspecified atom stereocenters. The minimum absolute atomic E-state index is 0.157. The van der Waals surface area contributed by atoms with Crippen LogP contribution in [0.5, 0.6) is 0 Å². The average Bonchev–Trinajstić information content (AvgIpc) is 2.96. The summed E-state index contributed by atoms with van der Waals surface area (Å²) in [4.78, 5) is 27.5. The molecule has 26 heavy (non-hydrogen) atoms. The van der Waals surface area contributed by atoms with Gasteiger partial charge in [-0.05, 0) is 31.9 Å². The number of pyridine rings is 1. The average molecular weight is 351 g/mol. The van der Waals surface area contributed by atoms with Crippen LogP contribution in [-0.2, 0) is 11.8 Å². The van der Waals surface area contributed by atoms with Crippen molar-refractivity contribution in [1.82, 2.24) is 24.7 Å². The number of nitrogens with two attached hydrogens (primary N) is 1. The van der Waals surface area contributed by atoms with Gasteiger partial charge in [-0.1, -0.05) is 0 Å². The first kappa shape index (κ1) is 16.4. The highest BCUT2D eigenvalue weighted by atomic mass is 16.1. The molecule has 2 N–H and O–H groups in total. The topological polar surface area (TPSA) is 103 Å². The van der Waals surface area contributed by atoms with Gasteiger partial charge in [0.05, 0.1) is 17.0 Å². The number of fused-ring (bicyclic) bond motifs is 1. The van der Waals surface area contributed by atoms with Crippen molar-refractivity contribution in [2.45, 2.75) is 19.8 Å². The first-order valence-electron chi connectivity index (χ1n) is 8.70. The molecular weight excluding hydrogens is 330 g/mol. The van der Waals surface area contributed by atoms with E-state index in [9.17, 15) is 4.79 Å². The lowest BCUT2D eigenvalue weighted by molar-refractivity contribution is -0.122. The largest absolute Gasteiger partial charge is 0.369 e. The minimum Gasteiger partial charge on any atom is -0.369 e. The summed E-state index contributed by atoms with van der Waals surface area (Å²) in [6.07, 6.45) is 5.18. The second kappa shape index (κ2) is 6.36. The summed E-state index contributed by atoms with van der Waals surface area (Å²) >= 11 is 0. The number of aromatic nitrogens is 5. The Morgan fingerprint density at radius 3 is 2.77 bits per heavy atom. The summed E-state index contributed by atoms with van der Waals surface area (Å²) in [6, 6.07) is 3.77. The highest BCUT2D eigenvalue weighted by molar-refractivity contribution is 5.91. The third kappa shape index (κ3) is 2.77. The number of nitrogens with zero attached hydrogens (tertiary/aromatic N) is 6. The third-order valence-corrected chi connectivity index (χ3v) is 4.90. The van der Waals surface area contributed by atoms with Gasteiger partial charge in [0.15, 0.2) is 11.5 Å². The van der Waals surface area contributed by atoms with Gasteiger partial charge in [-0.25, -0.2) is 9.97 Å². The molecule has 3 aromatic rings. The van der Waals surface area contributed by atoms with Gasteiger partial charge in [0.25, 0.3) is 0 Å². The lowest BCUT2D eigenvalue weighted by atomic mass is 9.97. The highest BCUT2D eigenvalue weighted by Gasteiger charge is 2.28. The predicted molar refractivity (Wildman–Crippen MR) is 98.4 cm³/mol. The van der Waals surface area contributed by atoms with Crippen molar-refractivity contribution in [2.24, 2.45) is 18.7 Å². The molecule has 3 aromatic heterocycles. The smallest absolute Gasteiger partial charge is 0.222 e. The van der Waals surface area contributed by atoms with Crippen LogP contribution in [0.3, 0.4) is 0 Å². The van der Waals surface area contributed by atoms with Gasteiger partial charge in [-0.2, -0.15) is 5.10 Å². The number of hydrogen-bond acceptors (Lipinski definition) is 6. The molecule has 4 heterocycles. The van der Waals surface area contributed by atoms with Crippen LogP contribution in [0.15, 0.2) is 24.5 Å². The number of primary amides is 1. The van der Waals surface area contributed by atoms with Crippen LogP contribution < -0.4 is 10.6 Å². The number of carbonyl (C=O) groups is 1. The lowest BCUT2D eigenvalue weighted by Gasteiger charge is -2.32. The molecule has 134 valence electrons. The van der Waals surface area contributed by atoms with E-state index in [0.29, 0.717) is 12.4 Å². The molecule has 4 rings (SSSR count). The Morgan fingerprint density at radius 1 is 1.27 bits per heavy atom. The summed E-state index contributed by atoms with van der Waals surface area (Å²) in [5.41, 5.74) is 8.10. The SMILES string of the molecule is Cc1nn(C)c2nc(-c3ccncc3)nc(N3CCC[C@@H](C(N)=O)C3)c12. The van der Waals surface area contributed by atoms with Crippen molar-refractivity contribution in [3.05, 3.63) is 30.2 Å². The molecule has 1 saturated heterocycles. The molecule has 0 bridgehead atoms. The molecule has 0 aromatic carbocycles. The number of anilines is 1. The Labute approximate surface area is 151 Å². The van der Waals surface area contributed by atoms with Gasteiger partial charge in [0.1, 0.15) is 5.82 Å². The van der Waals surface area contributed by atoms with Crippen LogP contribution in [0, 0.1) is 12.8 Å². The zero-order valence-electron chi connectivity index (χ0n) is 14.9. The van der Waals surface area contributed by atoms with Crippen molar-refractivity contribution in [3.8, 4) is 11.4 Å². The van der Waals surface area contributed by atoms with Crippen LogP contribution in [0.25, 0.3) is 22.4 Å². The Kier molecular flexibility index (Phi) is 4.02. The van der Waals surface area contributed by atoms with Crippen molar-refractivity contribution in [3.63, 3.8) is 0 Å². The molecule has 1 atom stereocenters. The molecule has 0 aliphatic carbocycles. The zero-order chi connectivity index (χ0) is 18.3. The van der Waals surface area contributed by atoms with E-state index in [0.717, 1.165) is 47.5 Å². The van der Waals surface area contributed by atoms with Crippen molar-refractivity contribution in [2.75, 3.05) is 18.0 Å². The van der Waals surface area contributed by atoms with E-state index in [4.69, 9.17) is 15.7 Å². The third-order valence-electron chi connectivity index (χ3n) is 4.90. The highest BCUT2D eigenvalue weighted by Crippen LogP contribution is 2.32. The molecule has 8 heteroatoms. The van der Waals surface area contributed by atoms with Gasteiger partial charge in [0, 0.05) is 38.1 Å². The van der Waals surface area contributed by atoms with Crippen molar-refractivity contribution >= 4 is 22.8 Å². The monoisotopic (exact) mass is 351 g/mol. The van der Waals surface area contributed by atoms with Crippen LogP contribution in [0.1, 0.15) is 18.5 Å². The lowest BCUT2D eigenvalue weighted by Crippen LogP contribution is -2.41. The Morgan fingerprint density at radius 2 is 2.04 bits per heavy atom. The van der Waals surface area contributed by atoms with E-state index in [2.05, 4.69) is 15.0 Å². The number of piperidine rings is 1. The van der Waals surface area contributed by atoms with Crippen LogP contribution in [-0.4, -0.2) is 43.7 Å². The Hall–Kier alpha value is -3.03. The normalized spacial score (nSPS) is 17.6. The fourth-order valence-electron chi connectivity index (χ4n) is 3.58. The van der Waals surface area contributed by atoms with Gasteiger partial charge < -0.3 is 10.6 Å². The van der Waals surface area contributed by atoms with Gasteiger partial charge in [0.2, 0.25) is 5.91 Å². The van der Waals surface area contributed by atoms with E-state index < -0.39 is 0 Å².